The highest BCUT2D eigenvalue weighted by atomic mass is 16.3. The van der Waals surface area contributed by atoms with E-state index in [1.54, 1.807) is 0 Å². The number of amides is 2. The minimum atomic E-state index is -0.540. The minimum Gasteiger partial charge on any atom is -0.388 e. The fourth-order valence-electron chi connectivity index (χ4n) is 2.45. The van der Waals surface area contributed by atoms with E-state index in [0.717, 1.165) is 5.56 Å². The van der Waals surface area contributed by atoms with Crippen LogP contribution in [0.15, 0.2) is 30.3 Å². The zero-order chi connectivity index (χ0) is 15.9. The van der Waals surface area contributed by atoms with E-state index in [4.69, 9.17) is 0 Å². The molecular formula is C17H27N3O2. The predicted octanol–water partition coefficient (Wildman–Crippen LogP) is 1.89. The Morgan fingerprint density at radius 1 is 1.32 bits per heavy atom. The summed E-state index contributed by atoms with van der Waals surface area (Å²) < 4.78 is 0. The maximum absolute atomic E-state index is 11.8. The van der Waals surface area contributed by atoms with Gasteiger partial charge in [0.1, 0.15) is 0 Å². The van der Waals surface area contributed by atoms with Crippen molar-refractivity contribution in [2.75, 3.05) is 20.1 Å². The van der Waals surface area contributed by atoms with Gasteiger partial charge in [-0.3, -0.25) is 4.90 Å². The van der Waals surface area contributed by atoms with Crippen molar-refractivity contribution in [3.8, 4) is 0 Å². The molecule has 0 bridgehead atoms. The van der Waals surface area contributed by atoms with E-state index in [2.05, 4.69) is 29.5 Å². The molecule has 3 N–H and O–H groups in total. The lowest BCUT2D eigenvalue weighted by Crippen LogP contribution is -2.44. The Morgan fingerprint density at radius 2 is 2.00 bits per heavy atom. The Hall–Kier alpha value is -1.59. The number of aliphatic hydroxyl groups is 1. The average Bonchev–Trinajstić information content (AvgIpc) is 3.37. The van der Waals surface area contributed by atoms with Crippen LogP contribution in [0.5, 0.6) is 0 Å². The number of aliphatic hydroxyl groups excluding tert-OH is 1. The van der Waals surface area contributed by atoms with Gasteiger partial charge in [0.15, 0.2) is 0 Å². The number of carbonyl (C=O) groups excluding carboxylic acids is 1. The van der Waals surface area contributed by atoms with Gasteiger partial charge in [0.25, 0.3) is 0 Å². The van der Waals surface area contributed by atoms with Crippen molar-refractivity contribution in [2.45, 2.75) is 44.4 Å². The van der Waals surface area contributed by atoms with Crippen molar-refractivity contribution in [3.05, 3.63) is 35.9 Å². The molecule has 1 aliphatic rings. The molecule has 2 atom stereocenters. The maximum Gasteiger partial charge on any atom is 0.314 e. The van der Waals surface area contributed by atoms with Crippen LogP contribution in [-0.2, 0) is 0 Å². The number of nitrogens with one attached hydrogen (secondary N) is 2. The molecular weight excluding hydrogens is 278 g/mol. The lowest BCUT2D eigenvalue weighted by molar-refractivity contribution is 0.166. The largest absolute Gasteiger partial charge is 0.388 e. The molecule has 5 nitrogen and oxygen atoms in total. The molecule has 1 saturated carbocycles. The number of likely N-dealkylation sites (N-methyl/N-ethyl adjacent to an activating group) is 1. The van der Waals surface area contributed by atoms with E-state index < -0.39 is 6.10 Å². The fraction of sp³-hybridized carbons (Fsp3) is 0.588. The Labute approximate surface area is 132 Å². The number of hydrogen-bond acceptors (Lipinski definition) is 3. The number of nitrogens with zero attached hydrogens (tertiary/aromatic N) is 1. The third kappa shape index (κ3) is 5.31. The van der Waals surface area contributed by atoms with Crippen LogP contribution in [0, 0.1) is 0 Å². The number of urea groups is 1. The Bertz CT molecular complexity index is 462. The van der Waals surface area contributed by atoms with Gasteiger partial charge in [-0.05, 0) is 38.8 Å². The summed E-state index contributed by atoms with van der Waals surface area (Å²) in [5, 5.41) is 15.7. The van der Waals surface area contributed by atoms with E-state index in [0.29, 0.717) is 31.6 Å². The van der Waals surface area contributed by atoms with E-state index in [1.807, 2.05) is 30.3 Å². The first-order valence-corrected chi connectivity index (χ1v) is 8.04. The van der Waals surface area contributed by atoms with Crippen molar-refractivity contribution in [1.82, 2.24) is 15.5 Å². The van der Waals surface area contributed by atoms with E-state index >= 15 is 0 Å². The third-order valence-electron chi connectivity index (χ3n) is 4.26. The molecule has 22 heavy (non-hydrogen) atoms. The first kappa shape index (κ1) is 16.8. The highest BCUT2D eigenvalue weighted by molar-refractivity contribution is 5.73. The fourth-order valence-corrected chi connectivity index (χ4v) is 2.45. The monoisotopic (exact) mass is 305 g/mol. The molecule has 0 saturated heterocycles. The van der Waals surface area contributed by atoms with Crippen LogP contribution >= 0.6 is 0 Å². The molecule has 0 aliphatic heterocycles. The summed E-state index contributed by atoms with van der Waals surface area (Å²) in [4.78, 5) is 14.1. The van der Waals surface area contributed by atoms with Gasteiger partial charge in [0, 0.05) is 25.2 Å². The molecule has 2 rings (SSSR count). The summed E-state index contributed by atoms with van der Waals surface area (Å²) >= 11 is 0. The van der Waals surface area contributed by atoms with Crippen LogP contribution in [-0.4, -0.2) is 48.3 Å². The minimum absolute atomic E-state index is 0.170. The van der Waals surface area contributed by atoms with Crippen LogP contribution in [0.4, 0.5) is 4.79 Å². The molecule has 0 spiro atoms. The van der Waals surface area contributed by atoms with Gasteiger partial charge in [-0.15, -0.1) is 0 Å². The molecule has 2 unspecified atom stereocenters. The number of rotatable bonds is 8. The Kier molecular flexibility index (Phi) is 6.21. The molecule has 2 amide bonds. The number of hydrogen-bond donors (Lipinski definition) is 3. The van der Waals surface area contributed by atoms with Crippen molar-refractivity contribution in [1.29, 1.82) is 0 Å². The van der Waals surface area contributed by atoms with Gasteiger partial charge in [-0.25, -0.2) is 4.79 Å². The van der Waals surface area contributed by atoms with Crippen LogP contribution in [0.1, 0.15) is 37.9 Å². The molecule has 1 aromatic carbocycles. The number of carbonyl (C=O) groups is 1. The first-order chi connectivity index (χ1) is 10.6. The summed E-state index contributed by atoms with van der Waals surface area (Å²) in [5.41, 5.74) is 0.879. The maximum atomic E-state index is 11.8. The molecule has 0 radical (unpaired) electrons. The van der Waals surface area contributed by atoms with Gasteiger partial charge < -0.3 is 15.7 Å². The highest BCUT2D eigenvalue weighted by Crippen LogP contribution is 2.26. The van der Waals surface area contributed by atoms with Crippen molar-refractivity contribution in [2.24, 2.45) is 0 Å². The summed E-state index contributed by atoms with van der Waals surface area (Å²) in [6, 6.07) is 10.4. The van der Waals surface area contributed by atoms with Crippen LogP contribution < -0.4 is 10.6 Å². The Morgan fingerprint density at radius 3 is 2.64 bits per heavy atom. The van der Waals surface area contributed by atoms with Crippen LogP contribution in [0.3, 0.4) is 0 Å². The van der Waals surface area contributed by atoms with Crippen LogP contribution in [0.2, 0.25) is 0 Å². The second kappa shape index (κ2) is 8.15. The Balaban J connectivity index is 1.59. The van der Waals surface area contributed by atoms with E-state index in [1.165, 1.54) is 12.8 Å². The standard InChI is InChI=1S/C17H27N3O2/c1-13(20(2)15-8-9-15)12-19-17(22)18-11-10-16(21)14-6-4-3-5-7-14/h3-7,13,15-16,21H,8-12H2,1-2H3,(H2,18,19,22). The second-order valence-electron chi connectivity index (χ2n) is 6.10. The molecule has 5 heteroatoms. The number of benzene rings is 1. The van der Waals surface area contributed by atoms with Crippen LogP contribution in [0.25, 0.3) is 0 Å². The summed E-state index contributed by atoms with van der Waals surface area (Å²) in [7, 11) is 2.11. The van der Waals surface area contributed by atoms with Crippen molar-refractivity contribution >= 4 is 6.03 Å². The molecule has 0 aromatic heterocycles. The van der Waals surface area contributed by atoms with Crippen molar-refractivity contribution in [3.63, 3.8) is 0 Å². The quantitative estimate of drug-likeness (QED) is 0.687. The topological polar surface area (TPSA) is 64.6 Å². The lowest BCUT2D eigenvalue weighted by Gasteiger charge is -2.24. The van der Waals surface area contributed by atoms with Gasteiger partial charge in [0.2, 0.25) is 0 Å². The second-order valence-corrected chi connectivity index (χ2v) is 6.10. The SMILES string of the molecule is CC(CNC(=O)NCCC(O)c1ccccc1)N(C)C1CC1. The van der Waals surface area contributed by atoms with Gasteiger partial charge in [-0.1, -0.05) is 30.3 Å². The zero-order valence-electron chi connectivity index (χ0n) is 13.5. The third-order valence-corrected chi connectivity index (χ3v) is 4.26. The lowest BCUT2D eigenvalue weighted by atomic mass is 10.1. The smallest absolute Gasteiger partial charge is 0.314 e. The molecule has 122 valence electrons. The molecule has 1 aliphatic carbocycles. The van der Waals surface area contributed by atoms with Crippen molar-refractivity contribution < 1.29 is 9.90 Å². The zero-order valence-corrected chi connectivity index (χ0v) is 13.5. The highest BCUT2D eigenvalue weighted by Gasteiger charge is 2.29. The molecule has 1 aromatic rings. The normalized spacial score (nSPS) is 17.1. The first-order valence-electron chi connectivity index (χ1n) is 8.04. The van der Waals surface area contributed by atoms with E-state index in [9.17, 15) is 9.90 Å². The van der Waals surface area contributed by atoms with Gasteiger partial charge in [-0.2, -0.15) is 0 Å². The predicted molar refractivity (Wildman–Crippen MR) is 87.7 cm³/mol. The van der Waals surface area contributed by atoms with Gasteiger partial charge in [0.05, 0.1) is 6.10 Å². The molecule has 1 fully saturated rings. The molecule has 0 heterocycles. The summed E-state index contributed by atoms with van der Waals surface area (Å²) in [6.45, 7) is 3.21. The average molecular weight is 305 g/mol. The van der Waals surface area contributed by atoms with E-state index in [-0.39, 0.29) is 6.03 Å². The summed E-state index contributed by atoms with van der Waals surface area (Å²) in [5.74, 6) is 0. The summed E-state index contributed by atoms with van der Waals surface area (Å²) in [6.07, 6.45) is 2.51. The van der Waals surface area contributed by atoms with Gasteiger partial charge >= 0.3 is 6.03 Å².